The van der Waals surface area contributed by atoms with Crippen molar-refractivity contribution in [3.63, 3.8) is 0 Å². The number of carboxylic acids is 1. The Morgan fingerprint density at radius 2 is 1.72 bits per heavy atom. The first kappa shape index (κ1) is 14.2. The largest absolute Gasteiger partial charge is 0.478 e. The lowest BCUT2D eigenvalue weighted by atomic mass is 10.2. The molecule has 1 aromatic rings. The fraction of sp³-hybridized carbons (Fsp3) is 0.308. The number of anilines is 1. The monoisotopic (exact) mass is 255 g/mol. The molecule has 0 aliphatic rings. The Labute approximate surface area is 104 Å². The second-order valence-electron chi connectivity index (χ2n) is 3.63. The average Bonchev–Trinajstić information content (AvgIpc) is 2.37. The second kappa shape index (κ2) is 7.42. The lowest BCUT2D eigenvalue weighted by Gasteiger charge is -2.22. The molecule has 98 valence electrons. The first-order chi connectivity index (χ1) is 8.67. The van der Waals surface area contributed by atoms with Crippen LogP contribution in [0.3, 0.4) is 0 Å². The van der Waals surface area contributed by atoms with Gasteiger partial charge in [-0.25, -0.2) is 13.6 Å². The van der Waals surface area contributed by atoms with E-state index in [1.165, 1.54) is 6.08 Å². The molecule has 0 amide bonds. The van der Waals surface area contributed by atoms with Crippen molar-refractivity contribution in [1.29, 1.82) is 0 Å². The lowest BCUT2D eigenvalue weighted by molar-refractivity contribution is -0.131. The van der Waals surface area contributed by atoms with Crippen LogP contribution in [-0.4, -0.2) is 37.5 Å². The molecule has 0 saturated carbocycles. The maximum atomic E-state index is 12.3. The zero-order chi connectivity index (χ0) is 13.4. The molecule has 1 aromatic carbocycles. The van der Waals surface area contributed by atoms with Crippen LogP contribution < -0.4 is 4.90 Å². The van der Waals surface area contributed by atoms with Gasteiger partial charge >= 0.3 is 5.97 Å². The Hall–Kier alpha value is -1.91. The third-order valence-electron chi connectivity index (χ3n) is 2.39. The van der Waals surface area contributed by atoms with Crippen molar-refractivity contribution < 1.29 is 18.7 Å². The first-order valence-corrected chi connectivity index (χ1v) is 5.55. The minimum Gasteiger partial charge on any atom is -0.478 e. The van der Waals surface area contributed by atoms with Gasteiger partial charge in [0.05, 0.1) is 0 Å². The van der Waals surface area contributed by atoms with Crippen molar-refractivity contribution >= 4 is 17.7 Å². The number of hydrogen-bond acceptors (Lipinski definition) is 2. The summed E-state index contributed by atoms with van der Waals surface area (Å²) in [6.07, 6.45) is 2.50. The van der Waals surface area contributed by atoms with Crippen LogP contribution in [0.2, 0.25) is 0 Å². The summed E-state index contributed by atoms with van der Waals surface area (Å²) < 4.78 is 24.6. The van der Waals surface area contributed by atoms with Crippen LogP contribution >= 0.6 is 0 Å². The van der Waals surface area contributed by atoms with Gasteiger partial charge in [0.2, 0.25) is 0 Å². The van der Waals surface area contributed by atoms with E-state index >= 15 is 0 Å². The van der Waals surface area contributed by atoms with Crippen molar-refractivity contribution in [2.45, 2.75) is 0 Å². The highest BCUT2D eigenvalue weighted by atomic mass is 19.1. The maximum Gasteiger partial charge on any atom is 0.328 e. The van der Waals surface area contributed by atoms with Crippen LogP contribution in [0.25, 0.3) is 6.08 Å². The predicted octanol–water partition coefficient (Wildman–Crippen LogP) is 2.53. The summed E-state index contributed by atoms with van der Waals surface area (Å²) in [5.74, 6) is -1.02. The number of hydrogen-bond donors (Lipinski definition) is 1. The Morgan fingerprint density at radius 1 is 1.17 bits per heavy atom. The highest BCUT2D eigenvalue weighted by molar-refractivity contribution is 5.85. The smallest absolute Gasteiger partial charge is 0.328 e. The van der Waals surface area contributed by atoms with Crippen molar-refractivity contribution in [3.8, 4) is 0 Å². The van der Waals surface area contributed by atoms with E-state index in [0.717, 1.165) is 17.3 Å². The fourth-order valence-corrected chi connectivity index (χ4v) is 1.54. The summed E-state index contributed by atoms with van der Waals surface area (Å²) in [7, 11) is 0. The van der Waals surface area contributed by atoms with Gasteiger partial charge in [0, 0.05) is 24.9 Å². The molecule has 0 spiro atoms. The van der Waals surface area contributed by atoms with Gasteiger partial charge in [-0.2, -0.15) is 0 Å². The Kier molecular flexibility index (Phi) is 5.84. The molecule has 0 aromatic heterocycles. The molecular formula is C13H15F2NO2. The number of benzene rings is 1. The number of carboxylic acid groups (broad SMARTS) is 1. The summed E-state index contributed by atoms with van der Waals surface area (Å²) >= 11 is 0. The summed E-state index contributed by atoms with van der Waals surface area (Å²) in [5.41, 5.74) is 1.44. The van der Waals surface area contributed by atoms with E-state index in [4.69, 9.17) is 5.11 Å². The SMILES string of the molecule is O=C(O)/C=C/c1ccc(N(CCF)CCF)cc1. The van der Waals surface area contributed by atoms with E-state index in [0.29, 0.717) is 0 Å². The van der Waals surface area contributed by atoms with E-state index in [-0.39, 0.29) is 13.1 Å². The fourth-order valence-electron chi connectivity index (χ4n) is 1.54. The van der Waals surface area contributed by atoms with Crippen molar-refractivity contribution in [2.24, 2.45) is 0 Å². The van der Waals surface area contributed by atoms with E-state index in [1.54, 1.807) is 29.2 Å². The van der Waals surface area contributed by atoms with Gasteiger partial charge in [0.1, 0.15) is 13.3 Å². The third-order valence-corrected chi connectivity index (χ3v) is 2.39. The van der Waals surface area contributed by atoms with Crippen molar-refractivity contribution in [2.75, 3.05) is 31.3 Å². The Bertz CT molecular complexity index is 398. The lowest BCUT2D eigenvalue weighted by Crippen LogP contribution is -2.27. The minimum absolute atomic E-state index is 0.147. The summed E-state index contributed by atoms with van der Waals surface area (Å²) in [6, 6.07) is 6.84. The van der Waals surface area contributed by atoms with Gasteiger partial charge in [-0.3, -0.25) is 0 Å². The first-order valence-electron chi connectivity index (χ1n) is 5.55. The second-order valence-corrected chi connectivity index (χ2v) is 3.63. The number of rotatable bonds is 7. The Balaban J connectivity index is 2.76. The minimum atomic E-state index is -1.02. The molecule has 0 atom stereocenters. The molecule has 1 rings (SSSR count). The number of halogens is 2. The van der Waals surface area contributed by atoms with Crippen LogP contribution in [0.5, 0.6) is 0 Å². The van der Waals surface area contributed by atoms with Gasteiger partial charge < -0.3 is 10.0 Å². The van der Waals surface area contributed by atoms with Crippen LogP contribution in [0.15, 0.2) is 30.3 Å². The number of carbonyl (C=O) groups is 1. The molecule has 0 aliphatic carbocycles. The number of aliphatic carboxylic acids is 1. The molecule has 3 nitrogen and oxygen atoms in total. The molecule has 0 fully saturated rings. The van der Waals surface area contributed by atoms with E-state index in [9.17, 15) is 13.6 Å². The molecule has 5 heteroatoms. The van der Waals surface area contributed by atoms with Crippen molar-refractivity contribution in [1.82, 2.24) is 0 Å². The standard InChI is InChI=1S/C13H15F2NO2/c14-7-9-16(10-8-15)12-4-1-11(2-5-12)3-6-13(17)18/h1-6H,7-10H2,(H,17,18)/b6-3+. The van der Waals surface area contributed by atoms with Gasteiger partial charge in [-0.1, -0.05) is 12.1 Å². The predicted molar refractivity (Wildman–Crippen MR) is 67.3 cm³/mol. The normalized spacial score (nSPS) is 10.8. The molecule has 0 aliphatic heterocycles. The van der Waals surface area contributed by atoms with E-state index < -0.39 is 19.3 Å². The van der Waals surface area contributed by atoms with Gasteiger partial charge in [-0.05, 0) is 23.8 Å². The summed E-state index contributed by atoms with van der Waals surface area (Å²) in [4.78, 5) is 11.9. The molecule has 0 heterocycles. The number of nitrogens with zero attached hydrogens (tertiary/aromatic N) is 1. The van der Waals surface area contributed by atoms with Gasteiger partial charge in [0.15, 0.2) is 0 Å². The Morgan fingerprint density at radius 3 is 2.17 bits per heavy atom. The topological polar surface area (TPSA) is 40.5 Å². The van der Waals surface area contributed by atoms with Crippen LogP contribution in [0.4, 0.5) is 14.5 Å². The third kappa shape index (κ3) is 4.53. The van der Waals surface area contributed by atoms with Crippen LogP contribution in [-0.2, 0) is 4.79 Å². The molecule has 18 heavy (non-hydrogen) atoms. The van der Waals surface area contributed by atoms with Gasteiger partial charge in [-0.15, -0.1) is 0 Å². The van der Waals surface area contributed by atoms with Gasteiger partial charge in [0.25, 0.3) is 0 Å². The van der Waals surface area contributed by atoms with Crippen LogP contribution in [0, 0.1) is 0 Å². The molecular weight excluding hydrogens is 240 g/mol. The molecule has 1 N–H and O–H groups in total. The molecule has 0 saturated heterocycles. The average molecular weight is 255 g/mol. The molecule has 0 radical (unpaired) electrons. The summed E-state index contributed by atoms with van der Waals surface area (Å²) in [6.45, 7) is -0.788. The van der Waals surface area contributed by atoms with Crippen LogP contribution in [0.1, 0.15) is 5.56 Å². The molecule has 0 unspecified atom stereocenters. The van der Waals surface area contributed by atoms with E-state index in [1.807, 2.05) is 0 Å². The quantitative estimate of drug-likeness (QED) is 0.761. The zero-order valence-electron chi connectivity index (χ0n) is 9.85. The maximum absolute atomic E-state index is 12.3. The number of alkyl halides is 2. The van der Waals surface area contributed by atoms with Crippen molar-refractivity contribution in [3.05, 3.63) is 35.9 Å². The summed E-state index contributed by atoms with van der Waals surface area (Å²) in [5, 5.41) is 8.48. The zero-order valence-corrected chi connectivity index (χ0v) is 9.85. The highest BCUT2D eigenvalue weighted by Gasteiger charge is 2.05. The molecule has 0 bridgehead atoms. The van der Waals surface area contributed by atoms with E-state index in [2.05, 4.69) is 0 Å². The highest BCUT2D eigenvalue weighted by Crippen LogP contribution is 2.16.